The molecule has 118 valence electrons. The van der Waals surface area contributed by atoms with Crippen LogP contribution in [0, 0.1) is 17.1 Å². The molecule has 1 heterocycles. The highest BCUT2D eigenvalue weighted by molar-refractivity contribution is 7.14. The van der Waals surface area contributed by atoms with E-state index >= 15 is 0 Å². The highest BCUT2D eigenvalue weighted by Gasteiger charge is 2.16. The lowest BCUT2D eigenvalue weighted by Crippen LogP contribution is -2.21. The van der Waals surface area contributed by atoms with Gasteiger partial charge in [-0.05, 0) is 23.6 Å². The number of anilines is 1. The summed E-state index contributed by atoms with van der Waals surface area (Å²) >= 11 is 1.17. The van der Waals surface area contributed by atoms with Crippen LogP contribution in [-0.2, 0) is 9.53 Å². The van der Waals surface area contributed by atoms with E-state index < -0.39 is 24.3 Å². The van der Waals surface area contributed by atoms with E-state index in [9.17, 15) is 14.0 Å². The standard InChI is InChI=1S/C15H11FN2O4S/c1-21-10-2-3-11(12(16)6-10)15(20)22-8-13(19)18-14-9(7-17)4-5-23-14/h2-6H,8H2,1H3,(H,18,19). The third-order valence-corrected chi connectivity index (χ3v) is 3.60. The Kier molecular flexibility index (Phi) is 5.28. The van der Waals surface area contributed by atoms with Gasteiger partial charge in [0.15, 0.2) is 6.61 Å². The summed E-state index contributed by atoms with van der Waals surface area (Å²) in [5, 5.41) is 13.3. The van der Waals surface area contributed by atoms with E-state index in [1.54, 1.807) is 11.4 Å². The van der Waals surface area contributed by atoms with E-state index in [0.29, 0.717) is 10.6 Å². The fraction of sp³-hybridized carbons (Fsp3) is 0.133. The lowest BCUT2D eigenvalue weighted by molar-refractivity contribution is -0.119. The molecule has 0 spiro atoms. The fourth-order valence-corrected chi connectivity index (χ4v) is 2.41. The number of ether oxygens (including phenoxy) is 2. The molecule has 0 aliphatic heterocycles. The van der Waals surface area contributed by atoms with Crippen LogP contribution in [0.25, 0.3) is 0 Å². The molecule has 1 aromatic carbocycles. The molecule has 0 unspecified atom stereocenters. The Morgan fingerprint density at radius 3 is 2.83 bits per heavy atom. The smallest absolute Gasteiger partial charge is 0.341 e. The average Bonchev–Trinajstić information content (AvgIpc) is 2.99. The molecule has 6 nitrogen and oxygen atoms in total. The summed E-state index contributed by atoms with van der Waals surface area (Å²) in [6.07, 6.45) is 0. The molecular formula is C15H11FN2O4S. The zero-order valence-corrected chi connectivity index (χ0v) is 12.8. The summed E-state index contributed by atoms with van der Waals surface area (Å²) < 4.78 is 23.3. The maximum atomic E-state index is 13.7. The van der Waals surface area contributed by atoms with Gasteiger partial charge in [-0.2, -0.15) is 5.26 Å². The van der Waals surface area contributed by atoms with Gasteiger partial charge in [0.05, 0.1) is 18.2 Å². The van der Waals surface area contributed by atoms with E-state index in [4.69, 9.17) is 14.7 Å². The Morgan fingerprint density at radius 2 is 2.17 bits per heavy atom. The summed E-state index contributed by atoms with van der Waals surface area (Å²) in [5.74, 6) is -2.13. The summed E-state index contributed by atoms with van der Waals surface area (Å²) in [5.41, 5.74) is 0.0170. The number of amides is 1. The van der Waals surface area contributed by atoms with Crippen molar-refractivity contribution in [3.05, 3.63) is 46.6 Å². The van der Waals surface area contributed by atoms with Crippen LogP contribution < -0.4 is 10.1 Å². The summed E-state index contributed by atoms with van der Waals surface area (Å²) in [6, 6.07) is 7.13. The second-order valence-corrected chi connectivity index (χ2v) is 5.16. The molecule has 0 radical (unpaired) electrons. The van der Waals surface area contributed by atoms with Gasteiger partial charge in [-0.1, -0.05) is 0 Å². The highest BCUT2D eigenvalue weighted by Crippen LogP contribution is 2.22. The average molecular weight is 334 g/mol. The topological polar surface area (TPSA) is 88.4 Å². The van der Waals surface area contributed by atoms with Crippen molar-refractivity contribution in [2.75, 3.05) is 19.0 Å². The van der Waals surface area contributed by atoms with Crippen molar-refractivity contribution in [1.29, 1.82) is 5.26 Å². The molecule has 1 amide bonds. The molecule has 0 aliphatic rings. The number of nitrogens with zero attached hydrogens (tertiary/aromatic N) is 1. The summed E-state index contributed by atoms with van der Waals surface area (Å²) in [7, 11) is 1.37. The van der Waals surface area contributed by atoms with Crippen LogP contribution in [0.1, 0.15) is 15.9 Å². The van der Waals surface area contributed by atoms with Crippen molar-refractivity contribution >= 4 is 28.2 Å². The van der Waals surface area contributed by atoms with E-state index in [0.717, 1.165) is 6.07 Å². The van der Waals surface area contributed by atoms with Gasteiger partial charge in [0.2, 0.25) is 0 Å². The predicted octanol–water partition coefficient (Wildman–Crippen LogP) is 2.56. The Hall–Kier alpha value is -2.92. The van der Waals surface area contributed by atoms with Crippen molar-refractivity contribution < 1.29 is 23.5 Å². The summed E-state index contributed by atoms with van der Waals surface area (Å²) in [6.45, 7) is -0.590. The van der Waals surface area contributed by atoms with Gasteiger partial charge in [-0.15, -0.1) is 11.3 Å². The van der Waals surface area contributed by atoms with E-state index in [2.05, 4.69) is 5.32 Å². The number of rotatable bonds is 5. The van der Waals surface area contributed by atoms with Crippen LogP contribution in [-0.4, -0.2) is 25.6 Å². The van der Waals surface area contributed by atoms with Crippen molar-refractivity contribution in [2.24, 2.45) is 0 Å². The minimum absolute atomic E-state index is 0.263. The molecule has 0 aliphatic carbocycles. The number of nitrogens with one attached hydrogen (secondary N) is 1. The third-order valence-electron chi connectivity index (χ3n) is 2.77. The highest BCUT2D eigenvalue weighted by atomic mass is 32.1. The minimum atomic E-state index is -0.966. The number of carbonyl (C=O) groups excluding carboxylic acids is 2. The lowest BCUT2D eigenvalue weighted by atomic mass is 10.2. The van der Waals surface area contributed by atoms with Crippen LogP contribution in [0.3, 0.4) is 0 Å². The number of nitriles is 1. The number of hydrogen-bond donors (Lipinski definition) is 1. The zero-order chi connectivity index (χ0) is 16.8. The Labute approximate surface area is 135 Å². The monoisotopic (exact) mass is 334 g/mol. The predicted molar refractivity (Wildman–Crippen MR) is 80.9 cm³/mol. The molecule has 0 saturated heterocycles. The van der Waals surface area contributed by atoms with Crippen molar-refractivity contribution in [3.63, 3.8) is 0 Å². The number of benzene rings is 1. The van der Waals surface area contributed by atoms with Crippen molar-refractivity contribution in [1.82, 2.24) is 0 Å². The number of hydrogen-bond acceptors (Lipinski definition) is 6. The number of carbonyl (C=O) groups is 2. The van der Waals surface area contributed by atoms with Gasteiger partial charge in [0.1, 0.15) is 22.6 Å². The maximum Gasteiger partial charge on any atom is 0.341 e. The quantitative estimate of drug-likeness (QED) is 0.849. The van der Waals surface area contributed by atoms with Crippen LogP contribution >= 0.6 is 11.3 Å². The molecule has 23 heavy (non-hydrogen) atoms. The lowest BCUT2D eigenvalue weighted by Gasteiger charge is -2.07. The molecule has 2 rings (SSSR count). The maximum absolute atomic E-state index is 13.7. The SMILES string of the molecule is COc1ccc(C(=O)OCC(=O)Nc2sccc2C#N)c(F)c1. The molecule has 0 fully saturated rings. The van der Waals surface area contributed by atoms with Crippen LogP contribution in [0.15, 0.2) is 29.6 Å². The number of esters is 1. The first kappa shape index (κ1) is 16.5. The minimum Gasteiger partial charge on any atom is -0.497 e. The zero-order valence-electron chi connectivity index (χ0n) is 12.0. The molecule has 0 saturated carbocycles. The normalized spacial score (nSPS) is 9.78. The fourth-order valence-electron chi connectivity index (χ4n) is 1.65. The van der Waals surface area contributed by atoms with E-state index in [1.165, 1.54) is 30.6 Å². The number of methoxy groups -OCH3 is 1. The second kappa shape index (κ2) is 7.38. The number of halogens is 1. The van der Waals surface area contributed by atoms with E-state index in [-0.39, 0.29) is 11.3 Å². The molecule has 0 atom stereocenters. The summed E-state index contributed by atoms with van der Waals surface area (Å²) in [4.78, 5) is 23.5. The van der Waals surface area contributed by atoms with Gasteiger partial charge in [0, 0.05) is 6.07 Å². The van der Waals surface area contributed by atoms with Crippen LogP contribution in [0.4, 0.5) is 9.39 Å². The molecular weight excluding hydrogens is 323 g/mol. The molecule has 1 N–H and O–H groups in total. The Bertz CT molecular complexity index is 782. The van der Waals surface area contributed by atoms with Gasteiger partial charge in [-0.25, -0.2) is 9.18 Å². The molecule has 0 bridgehead atoms. The number of thiophene rings is 1. The first-order valence-electron chi connectivity index (χ1n) is 6.33. The van der Waals surface area contributed by atoms with Gasteiger partial charge in [0.25, 0.3) is 5.91 Å². The first-order valence-corrected chi connectivity index (χ1v) is 7.21. The van der Waals surface area contributed by atoms with Gasteiger partial charge >= 0.3 is 5.97 Å². The molecule has 1 aromatic heterocycles. The molecule has 8 heteroatoms. The second-order valence-electron chi connectivity index (χ2n) is 4.25. The Morgan fingerprint density at radius 1 is 1.39 bits per heavy atom. The Balaban J connectivity index is 1.94. The molecule has 2 aromatic rings. The van der Waals surface area contributed by atoms with Crippen LogP contribution in [0.5, 0.6) is 5.75 Å². The van der Waals surface area contributed by atoms with Crippen molar-refractivity contribution in [2.45, 2.75) is 0 Å². The largest absolute Gasteiger partial charge is 0.497 e. The van der Waals surface area contributed by atoms with Crippen LogP contribution in [0.2, 0.25) is 0 Å². The third kappa shape index (κ3) is 4.05. The first-order chi connectivity index (χ1) is 11.0. The van der Waals surface area contributed by atoms with E-state index in [1.807, 2.05) is 6.07 Å². The van der Waals surface area contributed by atoms with Gasteiger partial charge in [-0.3, -0.25) is 4.79 Å². The van der Waals surface area contributed by atoms with Crippen molar-refractivity contribution in [3.8, 4) is 11.8 Å². The van der Waals surface area contributed by atoms with Gasteiger partial charge < -0.3 is 14.8 Å².